The minimum atomic E-state index is -0.732. The van der Waals surface area contributed by atoms with Gasteiger partial charge in [0.05, 0.1) is 11.7 Å². The van der Waals surface area contributed by atoms with Crippen LogP contribution in [0.3, 0.4) is 0 Å². The molecule has 17 heavy (non-hydrogen) atoms. The van der Waals surface area contributed by atoms with Gasteiger partial charge in [-0.05, 0) is 38.5 Å². The maximum absolute atomic E-state index is 9.77. The molecule has 0 saturated carbocycles. The minimum absolute atomic E-state index is 0.488. The zero-order chi connectivity index (χ0) is 13.2. The summed E-state index contributed by atoms with van der Waals surface area (Å²) in [7, 11) is 1.93. The van der Waals surface area contributed by atoms with Crippen molar-refractivity contribution in [1.29, 1.82) is 0 Å². The second kappa shape index (κ2) is 5.38. The van der Waals surface area contributed by atoms with Crippen LogP contribution in [0.15, 0.2) is 22.7 Å². The van der Waals surface area contributed by atoms with Crippen LogP contribution in [-0.4, -0.2) is 29.4 Å². The molecule has 0 heterocycles. The highest BCUT2D eigenvalue weighted by molar-refractivity contribution is 9.10. The topological polar surface area (TPSA) is 43.7 Å². The lowest BCUT2D eigenvalue weighted by molar-refractivity contribution is 0.0886. The van der Waals surface area contributed by atoms with Crippen LogP contribution < -0.4 is 4.90 Å². The van der Waals surface area contributed by atoms with E-state index in [1.807, 2.05) is 30.1 Å². The highest BCUT2D eigenvalue weighted by atomic mass is 79.9. The summed E-state index contributed by atoms with van der Waals surface area (Å²) in [6.07, 6.45) is -0.488. The molecule has 0 spiro atoms. The summed E-state index contributed by atoms with van der Waals surface area (Å²) in [6.45, 7) is 5.85. The third-order valence-corrected chi connectivity index (χ3v) is 3.19. The smallest absolute Gasteiger partial charge is 0.0772 e. The molecule has 0 unspecified atom stereocenters. The van der Waals surface area contributed by atoms with Gasteiger partial charge in [0.2, 0.25) is 0 Å². The van der Waals surface area contributed by atoms with E-state index < -0.39 is 11.7 Å². The first-order valence-corrected chi connectivity index (χ1v) is 6.41. The average molecular weight is 302 g/mol. The van der Waals surface area contributed by atoms with E-state index in [0.717, 1.165) is 15.7 Å². The van der Waals surface area contributed by atoms with E-state index in [0.29, 0.717) is 6.54 Å². The monoisotopic (exact) mass is 301 g/mol. The van der Waals surface area contributed by atoms with Crippen LogP contribution in [0.5, 0.6) is 0 Å². The molecule has 3 nitrogen and oxygen atoms in total. The predicted octanol–water partition coefficient (Wildman–Crippen LogP) is 2.71. The van der Waals surface area contributed by atoms with Crippen LogP contribution in [0.2, 0.25) is 0 Å². The molecule has 4 heteroatoms. The lowest BCUT2D eigenvalue weighted by Crippen LogP contribution is -2.36. The number of hydrogen-bond acceptors (Lipinski definition) is 3. The second-order valence-electron chi connectivity index (χ2n) is 5.05. The standard InChI is InChI=1S/C13H20BrNO2/c1-9(16)11-6-5-10(7-12(11)14)15(4)8-13(2,3)17/h5-7,9,16-17H,8H2,1-4H3/t9-/m1/s1. The van der Waals surface area contributed by atoms with Gasteiger partial charge in [0.15, 0.2) is 0 Å². The van der Waals surface area contributed by atoms with Crippen molar-refractivity contribution >= 4 is 21.6 Å². The van der Waals surface area contributed by atoms with E-state index in [9.17, 15) is 10.2 Å². The molecule has 1 aromatic rings. The molecule has 2 N–H and O–H groups in total. The summed E-state index contributed by atoms with van der Waals surface area (Å²) < 4.78 is 0.882. The largest absolute Gasteiger partial charge is 0.389 e. The van der Waals surface area contributed by atoms with Crippen LogP contribution in [0, 0.1) is 0 Å². The fourth-order valence-electron chi connectivity index (χ4n) is 1.76. The number of benzene rings is 1. The van der Waals surface area contributed by atoms with Gasteiger partial charge in [-0.2, -0.15) is 0 Å². The second-order valence-corrected chi connectivity index (χ2v) is 5.90. The normalized spacial score (nSPS) is 13.6. The Balaban J connectivity index is 2.90. The summed E-state index contributed by atoms with van der Waals surface area (Å²) in [5.41, 5.74) is 1.14. The van der Waals surface area contributed by atoms with Gasteiger partial charge in [0.1, 0.15) is 0 Å². The lowest BCUT2D eigenvalue weighted by atomic mass is 10.1. The number of halogens is 1. The molecule has 0 fully saturated rings. The van der Waals surface area contributed by atoms with Crippen molar-refractivity contribution in [3.63, 3.8) is 0 Å². The number of aliphatic hydroxyl groups is 2. The Morgan fingerprint density at radius 3 is 2.41 bits per heavy atom. The van der Waals surface area contributed by atoms with E-state index in [1.54, 1.807) is 20.8 Å². The molecule has 96 valence electrons. The third-order valence-electron chi connectivity index (χ3n) is 2.50. The highest BCUT2D eigenvalue weighted by Crippen LogP contribution is 2.28. The molecule has 0 amide bonds. The average Bonchev–Trinajstić information content (AvgIpc) is 2.14. The van der Waals surface area contributed by atoms with Gasteiger partial charge in [0.25, 0.3) is 0 Å². The number of likely N-dealkylation sites (N-methyl/N-ethyl adjacent to an activating group) is 1. The van der Waals surface area contributed by atoms with Crippen molar-refractivity contribution < 1.29 is 10.2 Å². The van der Waals surface area contributed by atoms with Gasteiger partial charge < -0.3 is 15.1 Å². The number of anilines is 1. The van der Waals surface area contributed by atoms with Gasteiger partial charge >= 0.3 is 0 Å². The first kappa shape index (κ1) is 14.5. The van der Waals surface area contributed by atoms with Crippen molar-refractivity contribution in [2.45, 2.75) is 32.5 Å². The summed E-state index contributed by atoms with van der Waals surface area (Å²) in [6, 6.07) is 5.79. The molecule has 0 aliphatic heterocycles. The predicted molar refractivity (Wildman–Crippen MR) is 74.3 cm³/mol. The fraction of sp³-hybridized carbons (Fsp3) is 0.538. The van der Waals surface area contributed by atoms with Gasteiger partial charge in [0, 0.05) is 23.8 Å². The van der Waals surface area contributed by atoms with Gasteiger partial charge in [-0.15, -0.1) is 0 Å². The molecule has 1 rings (SSSR count). The van der Waals surface area contributed by atoms with E-state index in [-0.39, 0.29) is 0 Å². The molecule has 0 aliphatic rings. The van der Waals surface area contributed by atoms with Crippen molar-refractivity contribution in [3.8, 4) is 0 Å². The molecule has 0 aliphatic carbocycles. The quantitative estimate of drug-likeness (QED) is 0.899. The zero-order valence-electron chi connectivity index (χ0n) is 10.7. The summed E-state index contributed by atoms with van der Waals surface area (Å²) in [5.74, 6) is 0. The number of nitrogens with zero attached hydrogens (tertiary/aromatic N) is 1. The fourth-order valence-corrected chi connectivity index (χ4v) is 2.46. The van der Waals surface area contributed by atoms with Crippen molar-refractivity contribution in [3.05, 3.63) is 28.2 Å². The lowest BCUT2D eigenvalue weighted by Gasteiger charge is -2.27. The van der Waals surface area contributed by atoms with Crippen LogP contribution in [0.4, 0.5) is 5.69 Å². The van der Waals surface area contributed by atoms with E-state index >= 15 is 0 Å². The Kier molecular flexibility index (Phi) is 4.58. The molecule has 0 radical (unpaired) electrons. The van der Waals surface area contributed by atoms with E-state index in [1.165, 1.54) is 0 Å². The number of aliphatic hydroxyl groups excluding tert-OH is 1. The Hall–Kier alpha value is -0.580. The Morgan fingerprint density at radius 1 is 1.41 bits per heavy atom. The Bertz CT molecular complexity index is 385. The van der Waals surface area contributed by atoms with Crippen LogP contribution >= 0.6 is 15.9 Å². The Morgan fingerprint density at radius 2 is 2.00 bits per heavy atom. The zero-order valence-corrected chi connectivity index (χ0v) is 12.3. The molecule has 1 atom stereocenters. The van der Waals surface area contributed by atoms with E-state index in [4.69, 9.17) is 0 Å². The SMILES string of the molecule is C[C@@H](O)c1ccc(N(C)CC(C)(C)O)cc1Br. The van der Waals surface area contributed by atoms with Gasteiger partial charge in [-0.1, -0.05) is 22.0 Å². The van der Waals surface area contributed by atoms with E-state index in [2.05, 4.69) is 15.9 Å². The molecular weight excluding hydrogens is 282 g/mol. The van der Waals surface area contributed by atoms with Crippen LogP contribution in [0.25, 0.3) is 0 Å². The molecule has 1 aromatic carbocycles. The first-order valence-electron chi connectivity index (χ1n) is 5.62. The minimum Gasteiger partial charge on any atom is -0.389 e. The number of hydrogen-bond donors (Lipinski definition) is 2. The highest BCUT2D eigenvalue weighted by Gasteiger charge is 2.16. The van der Waals surface area contributed by atoms with Gasteiger partial charge in [-0.25, -0.2) is 0 Å². The molecular formula is C13H20BrNO2. The van der Waals surface area contributed by atoms with Crippen molar-refractivity contribution in [1.82, 2.24) is 0 Å². The first-order chi connectivity index (χ1) is 7.70. The maximum Gasteiger partial charge on any atom is 0.0772 e. The summed E-state index contributed by atoms with van der Waals surface area (Å²) in [4.78, 5) is 1.98. The summed E-state index contributed by atoms with van der Waals surface area (Å²) in [5, 5.41) is 19.3. The maximum atomic E-state index is 9.77. The van der Waals surface area contributed by atoms with Crippen LogP contribution in [0.1, 0.15) is 32.4 Å². The Labute approximate surface area is 111 Å². The van der Waals surface area contributed by atoms with Crippen molar-refractivity contribution in [2.75, 3.05) is 18.5 Å². The summed E-state index contributed by atoms with van der Waals surface area (Å²) >= 11 is 3.45. The van der Waals surface area contributed by atoms with Crippen molar-refractivity contribution in [2.24, 2.45) is 0 Å². The molecule has 0 aromatic heterocycles. The third kappa shape index (κ3) is 4.30. The molecule has 0 saturated heterocycles. The van der Waals surface area contributed by atoms with Crippen LogP contribution in [-0.2, 0) is 0 Å². The van der Waals surface area contributed by atoms with Gasteiger partial charge in [-0.3, -0.25) is 0 Å². The number of rotatable bonds is 4. The molecule has 0 bridgehead atoms.